The van der Waals surface area contributed by atoms with Gasteiger partial charge in [-0.2, -0.15) is 0 Å². The number of hydrogen-bond acceptors (Lipinski definition) is 3. The molecule has 25 heavy (non-hydrogen) atoms. The van der Waals surface area contributed by atoms with Crippen LogP contribution < -0.4 is 4.90 Å². The summed E-state index contributed by atoms with van der Waals surface area (Å²) < 4.78 is 6.72. The van der Waals surface area contributed by atoms with Gasteiger partial charge in [0.05, 0.1) is 12.3 Å². The predicted octanol–water partition coefficient (Wildman–Crippen LogP) is 4.06. The molecule has 2 aromatic rings. The number of Topliss-reactive ketones (excluding diaryl/α,β-unsaturated/α-hetero) is 1. The SMILES string of the molecule is CC(C)CN1C(=O)C(OCc2ccccc2)C(=O)c2cc(I)ccc21. The minimum atomic E-state index is -1.08. The molecule has 1 heterocycles. The van der Waals surface area contributed by atoms with E-state index in [4.69, 9.17) is 4.74 Å². The normalized spacial score (nSPS) is 17.1. The molecule has 4 nitrogen and oxygen atoms in total. The third-order valence-corrected chi connectivity index (χ3v) is 4.72. The Bertz CT molecular complexity index is 789. The summed E-state index contributed by atoms with van der Waals surface area (Å²) >= 11 is 2.17. The Morgan fingerprint density at radius 2 is 1.84 bits per heavy atom. The van der Waals surface area contributed by atoms with Crippen LogP contribution in [0, 0.1) is 9.49 Å². The van der Waals surface area contributed by atoms with Crippen molar-refractivity contribution in [3.8, 4) is 0 Å². The minimum Gasteiger partial charge on any atom is -0.355 e. The molecule has 0 bridgehead atoms. The number of anilines is 1. The molecule has 1 atom stereocenters. The molecule has 0 saturated heterocycles. The summed E-state index contributed by atoms with van der Waals surface area (Å²) in [4.78, 5) is 27.5. The molecule has 0 aromatic heterocycles. The van der Waals surface area contributed by atoms with Gasteiger partial charge in [-0.3, -0.25) is 9.59 Å². The number of rotatable bonds is 5. The van der Waals surface area contributed by atoms with Crippen LogP contribution in [-0.4, -0.2) is 24.3 Å². The van der Waals surface area contributed by atoms with Crippen molar-refractivity contribution in [2.75, 3.05) is 11.4 Å². The summed E-state index contributed by atoms with van der Waals surface area (Å²) in [5.41, 5.74) is 2.18. The molecule has 1 unspecified atom stereocenters. The molecular formula is C20H20INO3. The maximum atomic E-state index is 12.9. The Hall–Kier alpha value is -1.73. The van der Waals surface area contributed by atoms with E-state index in [-0.39, 0.29) is 18.3 Å². The fraction of sp³-hybridized carbons (Fsp3) is 0.300. The Balaban J connectivity index is 1.91. The van der Waals surface area contributed by atoms with Gasteiger partial charge >= 0.3 is 0 Å². The number of ether oxygens (including phenoxy) is 1. The highest BCUT2D eigenvalue weighted by atomic mass is 127. The molecule has 0 aliphatic carbocycles. The number of benzene rings is 2. The highest BCUT2D eigenvalue weighted by Crippen LogP contribution is 2.31. The van der Waals surface area contributed by atoms with Crippen molar-refractivity contribution in [1.82, 2.24) is 0 Å². The van der Waals surface area contributed by atoms with Crippen molar-refractivity contribution >= 4 is 40.0 Å². The Morgan fingerprint density at radius 3 is 2.52 bits per heavy atom. The second-order valence-electron chi connectivity index (χ2n) is 6.55. The topological polar surface area (TPSA) is 46.6 Å². The van der Waals surface area contributed by atoms with Crippen molar-refractivity contribution in [1.29, 1.82) is 0 Å². The first-order valence-electron chi connectivity index (χ1n) is 8.28. The van der Waals surface area contributed by atoms with Crippen LogP contribution in [0.25, 0.3) is 0 Å². The van der Waals surface area contributed by atoms with Crippen LogP contribution in [0.4, 0.5) is 5.69 Å². The molecule has 1 aliphatic rings. The van der Waals surface area contributed by atoms with Crippen molar-refractivity contribution in [2.24, 2.45) is 5.92 Å². The largest absolute Gasteiger partial charge is 0.355 e. The molecule has 1 aliphatic heterocycles. The summed E-state index contributed by atoms with van der Waals surface area (Å²) in [5, 5.41) is 0. The number of hydrogen-bond donors (Lipinski definition) is 0. The number of carbonyl (C=O) groups excluding carboxylic acids is 2. The highest BCUT2D eigenvalue weighted by molar-refractivity contribution is 14.1. The number of nitrogens with zero attached hydrogens (tertiary/aromatic N) is 1. The monoisotopic (exact) mass is 449 g/mol. The number of ketones is 1. The molecule has 1 amide bonds. The fourth-order valence-corrected chi connectivity index (χ4v) is 3.40. The van der Waals surface area contributed by atoms with E-state index in [1.807, 2.05) is 48.5 Å². The molecule has 0 fully saturated rings. The lowest BCUT2D eigenvalue weighted by Crippen LogP contribution is -2.50. The maximum absolute atomic E-state index is 12.9. The van der Waals surface area contributed by atoms with Gasteiger partial charge in [-0.1, -0.05) is 44.2 Å². The van der Waals surface area contributed by atoms with Gasteiger partial charge in [0, 0.05) is 15.7 Å². The van der Waals surface area contributed by atoms with Gasteiger partial charge in [-0.05, 0) is 52.3 Å². The van der Waals surface area contributed by atoms with Gasteiger partial charge in [0.2, 0.25) is 5.78 Å². The Morgan fingerprint density at radius 1 is 1.12 bits per heavy atom. The van der Waals surface area contributed by atoms with Crippen LogP contribution in [0.5, 0.6) is 0 Å². The molecule has 0 spiro atoms. The summed E-state index contributed by atoms with van der Waals surface area (Å²) in [7, 11) is 0. The lowest BCUT2D eigenvalue weighted by Gasteiger charge is -2.34. The number of amides is 1. The summed E-state index contributed by atoms with van der Waals surface area (Å²) in [6, 6.07) is 15.2. The Kier molecular flexibility index (Phi) is 5.54. The van der Waals surface area contributed by atoms with Crippen molar-refractivity contribution in [3.05, 3.63) is 63.2 Å². The Labute approximate surface area is 161 Å². The third-order valence-electron chi connectivity index (χ3n) is 4.05. The van der Waals surface area contributed by atoms with E-state index < -0.39 is 6.10 Å². The first-order chi connectivity index (χ1) is 12.0. The lowest BCUT2D eigenvalue weighted by molar-refractivity contribution is -0.128. The second-order valence-corrected chi connectivity index (χ2v) is 7.79. The van der Waals surface area contributed by atoms with E-state index in [0.717, 1.165) is 9.13 Å². The van der Waals surface area contributed by atoms with Crippen molar-refractivity contribution in [2.45, 2.75) is 26.6 Å². The maximum Gasteiger partial charge on any atom is 0.264 e. The number of carbonyl (C=O) groups is 2. The minimum absolute atomic E-state index is 0.234. The fourth-order valence-electron chi connectivity index (χ4n) is 2.91. The average molecular weight is 449 g/mol. The number of halogens is 1. The molecule has 130 valence electrons. The third kappa shape index (κ3) is 3.93. The van der Waals surface area contributed by atoms with Crippen LogP contribution in [0.2, 0.25) is 0 Å². The van der Waals surface area contributed by atoms with Gasteiger partial charge in [-0.25, -0.2) is 0 Å². The molecule has 3 rings (SSSR count). The van der Waals surface area contributed by atoms with Crippen LogP contribution in [-0.2, 0) is 16.1 Å². The standard InChI is InChI=1S/C20H20INO3/c1-13(2)11-22-17-9-8-15(21)10-16(17)18(23)19(20(22)24)25-12-14-6-4-3-5-7-14/h3-10,13,19H,11-12H2,1-2H3. The van der Waals surface area contributed by atoms with Crippen molar-refractivity contribution < 1.29 is 14.3 Å². The average Bonchev–Trinajstić information content (AvgIpc) is 2.59. The quantitative estimate of drug-likeness (QED) is 0.511. The van der Waals surface area contributed by atoms with Crippen LogP contribution in [0.15, 0.2) is 48.5 Å². The number of fused-ring (bicyclic) bond motifs is 1. The first kappa shape index (κ1) is 18.1. The van der Waals surface area contributed by atoms with Crippen molar-refractivity contribution in [3.63, 3.8) is 0 Å². The van der Waals surface area contributed by atoms with Crippen LogP contribution in [0.3, 0.4) is 0 Å². The first-order valence-corrected chi connectivity index (χ1v) is 9.36. The molecule has 0 N–H and O–H groups in total. The zero-order chi connectivity index (χ0) is 18.0. The molecule has 0 saturated carbocycles. The molecular weight excluding hydrogens is 429 g/mol. The predicted molar refractivity (Wildman–Crippen MR) is 106 cm³/mol. The van der Waals surface area contributed by atoms with Gasteiger partial charge in [0.15, 0.2) is 6.10 Å². The van der Waals surface area contributed by atoms with E-state index >= 15 is 0 Å². The zero-order valence-electron chi connectivity index (χ0n) is 14.2. The van der Waals surface area contributed by atoms with E-state index in [1.54, 1.807) is 4.90 Å². The van der Waals surface area contributed by atoms with E-state index in [2.05, 4.69) is 36.4 Å². The lowest BCUT2D eigenvalue weighted by atomic mass is 9.96. The summed E-state index contributed by atoms with van der Waals surface area (Å²) in [6.07, 6.45) is -1.08. The second kappa shape index (κ2) is 7.66. The van der Waals surface area contributed by atoms with E-state index in [1.165, 1.54) is 0 Å². The van der Waals surface area contributed by atoms with Gasteiger partial charge in [-0.15, -0.1) is 0 Å². The summed E-state index contributed by atoms with van der Waals surface area (Å²) in [5.74, 6) is -0.239. The van der Waals surface area contributed by atoms with Crippen LogP contribution >= 0.6 is 22.6 Å². The van der Waals surface area contributed by atoms with Gasteiger partial charge in [0.25, 0.3) is 5.91 Å². The molecule has 2 aromatic carbocycles. The van der Waals surface area contributed by atoms with E-state index in [0.29, 0.717) is 23.7 Å². The summed E-state index contributed by atoms with van der Waals surface area (Å²) in [6.45, 7) is 4.90. The van der Waals surface area contributed by atoms with Crippen LogP contribution in [0.1, 0.15) is 29.8 Å². The van der Waals surface area contributed by atoms with E-state index in [9.17, 15) is 9.59 Å². The smallest absolute Gasteiger partial charge is 0.264 e. The molecule has 5 heteroatoms. The zero-order valence-corrected chi connectivity index (χ0v) is 16.4. The van der Waals surface area contributed by atoms with Gasteiger partial charge < -0.3 is 9.64 Å². The molecule has 0 radical (unpaired) electrons. The highest BCUT2D eigenvalue weighted by Gasteiger charge is 2.40. The van der Waals surface area contributed by atoms with Gasteiger partial charge in [0.1, 0.15) is 0 Å².